The van der Waals surface area contributed by atoms with Crippen LogP contribution in [0.5, 0.6) is 0 Å². The highest BCUT2D eigenvalue weighted by Gasteiger charge is 2.30. The molecule has 0 spiro atoms. The molecule has 122 valence electrons. The molecule has 0 radical (unpaired) electrons. The molecule has 23 heavy (non-hydrogen) atoms. The summed E-state index contributed by atoms with van der Waals surface area (Å²) >= 11 is 1.19. The molecule has 5 nitrogen and oxygen atoms in total. The summed E-state index contributed by atoms with van der Waals surface area (Å²) in [4.78, 5) is 13.9. The number of thiophene rings is 1. The number of carbonyl (C=O) groups excluding carboxylic acids is 1. The van der Waals surface area contributed by atoms with Crippen molar-refractivity contribution in [3.63, 3.8) is 0 Å². The molecular weight excluding hydrogens is 332 g/mol. The Hall–Kier alpha value is -1.70. The summed E-state index contributed by atoms with van der Waals surface area (Å²) in [6.45, 7) is 1.45. The zero-order valence-electron chi connectivity index (χ0n) is 12.5. The zero-order valence-corrected chi connectivity index (χ0v) is 14.1. The van der Waals surface area contributed by atoms with Crippen molar-refractivity contribution in [1.29, 1.82) is 0 Å². The van der Waals surface area contributed by atoms with Crippen molar-refractivity contribution in [3.8, 4) is 0 Å². The number of hydrogen-bond acceptors (Lipinski definition) is 4. The molecule has 7 heteroatoms. The third-order valence-corrected chi connectivity index (χ3v) is 6.65. The van der Waals surface area contributed by atoms with Gasteiger partial charge in [-0.1, -0.05) is 36.4 Å². The number of carbonyl (C=O) groups is 1. The van der Waals surface area contributed by atoms with Gasteiger partial charge in [-0.2, -0.15) is 0 Å². The summed E-state index contributed by atoms with van der Waals surface area (Å²) in [5, 5.41) is 1.73. The van der Waals surface area contributed by atoms with Gasteiger partial charge >= 0.3 is 0 Å². The third kappa shape index (κ3) is 3.99. The molecule has 1 saturated heterocycles. The van der Waals surface area contributed by atoms with E-state index in [4.69, 9.17) is 0 Å². The first-order chi connectivity index (χ1) is 11.0. The molecule has 1 atom stereocenters. The Labute approximate surface area is 140 Å². The number of likely N-dealkylation sites (tertiary alicyclic amines) is 1. The minimum absolute atomic E-state index is 0.0148. The van der Waals surface area contributed by atoms with Crippen LogP contribution in [0, 0.1) is 5.92 Å². The predicted molar refractivity (Wildman–Crippen MR) is 89.5 cm³/mol. The lowest BCUT2D eigenvalue weighted by molar-refractivity contribution is -0.128. The van der Waals surface area contributed by atoms with Gasteiger partial charge in [-0.25, -0.2) is 13.1 Å². The highest BCUT2D eigenvalue weighted by molar-refractivity contribution is 7.91. The smallest absolute Gasteiger partial charge is 0.250 e. The lowest BCUT2D eigenvalue weighted by Gasteiger charge is -2.17. The van der Waals surface area contributed by atoms with Gasteiger partial charge < -0.3 is 4.90 Å². The number of benzene rings is 1. The largest absolute Gasteiger partial charge is 0.338 e. The van der Waals surface area contributed by atoms with Crippen LogP contribution in [0.3, 0.4) is 0 Å². The average Bonchev–Trinajstić information content (AvgIpc) is 3.18. The Kier molecular flexibility index (Phi) is 4.79. The molecule has 0 bridgehead atoms. The van der Waals surface area contributed by atoms with Crippen molar-refractivity contribution >= 4 is 27.3 Å². The van der Waals surface area contributed by atoms with E-state index in [1.165, 1.54) is 11.3 Å². The van der Waals surface area contributed by atoms with E-state index < -0.39 is 10.0 Å². The van der Waals surface area contributed by atoms with E-state index in [-0.39, 0.29) is 18.4 Å². The van der Waals surface area contributed by atoms with Crippen molar-refractivity contribution in [2.24, 2.45) is 5.92 Å². The van der Waals surface area contributed by atoms with Crippen LogP contribution in [0.25, 0.3) is 0 Å². The van der Waals surface area contributed by atoms with E-state index in [1.807, 2.05) is 30.3 Å². The Balaban J connectivity index is 1.56. The molecule has 1 aromatic heterocycles. The molecule has 1 aromatic carbocycles. The normalized spacial score (nSPS) is 18.5. The van der Waals surface area contributed by atoms with Gasteiger partial charge in [0.05, 0.1) is 0 Å². The van der Waals surface area contributed by atoms with Crippen LogP contribution in [0.15, 0.2) is 52.1 Å². The first kappa shape index (κ1) is 16.2. The maximum Gasteiger partial charge on any atom is 0.250 e. The SMILES string of the molecule is O=C1CC(CNS(=O)(=O)c2cccs2)CN1Cc1ccccc1. The van der Waals surface area contributed by atoms with E-state index >= 15 is 0 Å². The fraction of sp³-hybridized carbons (Fsp3) is 0.312. The minimum Gasteiger partial charge on any atom is -0.338 e. The molecule has 1 fully saturated rings. The number of sulfonamides is 1. The van der Waals surface area contributed by atoms with E-state index in [2.05, 4.69) is 4.72 Å². The van der Waals surface area contributed by atoms with E-state index in [0.29, 0.717) is 23.7 Å². The summed E-state index contributed by atoms with van der Waals surface area (Å²) in [7, 11) is -3.46. The second-order valence-electron chi connectivity index (χ2n) is 5.61. The summed E-state index contributed by atoms with van der Waals surface area (Å²) in [5.41, 5.74) is 1.08. The predicted octanol–water partition coefficient (Wildman–Crippen LogP) is 2.08. The van der Waals surface area contributed by atoms with Crippen LogP contribution in [-0.4, -0.2) is 32.3 Å². The summed E-state index contributed by atoms with van der Waals surface area (Å²) in [5.74, 6) is 0.0927. The second kappa shape index (κ2) is 6.82. The van der Waals surface area contributed by atoms with Gasteiger partial charge in [0.25, 0.3) is 0 Å². The second-order valence-corrected chi connectivity index (χ2v) is 8.56. The number of amides is 1. The number of hydrogen-bond donors (Lipinski definition) is 1. The van der Waals surface area contributed by atoms with E-state index in [1.54, 1.807) is 22.4 Å². The Morgan fingerprint density at radius 1 is 1.17 bits per heavy atom. The van der Waals surface area contributed by atoms with Crippen LogP contribution >= 0.6 is 11.3 Å². The first-order valence-corrected chi connectivity index (χ1v) is 9.76. The Bertz CT molecular complexity index is 758. The molecule has 3 rings (SSSR count). The lowest BCUT2D eigenvalue weighted by atomic mass is 10.1. The average molecular weight is 350 g/mol. The maximum absolute atomic E-state index is 12.1. The van der Waals surface area contributed by atoms with Crippen molar-refractivity contribution in [1.82, 2.24) is 9.62 Å². The quantitative estimate of drug-likeness (QED) is 0.867. The van der Waals surface area contributed by atoms with Crippen LogP contribution in [0.2, 0.25) is 0 Å². The van der Waals surface area contributed by atoms with Crippen molar-refractivity contribution in [2.75, 3.05) is 13.1 Å². The van der Waals surface area contributed by atoms with E-state index in [0.717, 1.165) is 5.56 Å². The number of nitrogens with zero attached hydrogens (tertiary/aromatic N) is 1. The summed E-state index contributed by atoms with van der Waals surface area (Å²) in [6.07, 6.45) is 0.389. The molecule has 2 heterocycles. The van der Waals surface area contributed by atoms with Gasteiger partial charge in [-0.05, 0) is 22.9 Å². The molecular formula is C16H18N2O3S2. The van der Waals surface area contributed by atoms with Gasteiger partial charge in [0.15, 0.2) is 0 Å². The zero-order chi connectivity index (χ0) is 16.3. The lowest BCUT2D eigenvalue weighted by Crippen LogP contribution is -2.30. The van der Waals surface area contributed by atoms with Crippen LogP contribution in [0.1, 0.15) is 12.0 Å². The molecule has 1 unspecified atom stereocenters. The molecule has 0 saturated carbocycles. The third-order valence-electron chi connectivity index (χ3n) is 3.83. The number of nitrogens with one attached hydrogen (secondary N) is 1. The fourth-order valence-electron chi connectivity index (χ4n) is 2.66. The van der Waals surface area contributed by atoms with Crippen LogP contribution in [0.4, 0.5) is 0 Å². The molecule has 1 N–H and O–H groups in total. The minimum atomic E-state index is -3.46. The van der Waals surface area contributed by atoms with Crippen LogP contribution in [-0.2, 0) is 21.4 Å². The van der Waals surface area contributed by atoms with Crippen molar-refractivity contribution < 1.29 is 13.2 Å². The fourth-order valence-corrected chi connectivity index (χ4v) is 4.82. The summed E-state index contributed by atoms with van der Waals surface area (Å²) < 4.78 is 27.1. The van der Waals surface area contributed by atoms with Crippen molar-refractivity contribution in [3.05, 3.63) is 53.4 Å². The molecule has 2 aromatic rings. The molecule has 0 aliphatic carbocycles. The van der Waals surface area contributed by atoms with E-state index in [9.17, 15) is 13.2 Å². The summed E-state index contributed by atoms with van der Waals surface area (Å²) in [6, 6.07) is 13.1. The number of rotatable bonds is 6. The van der Waals surface area contributed by atoms with Gasteiger partial charge in [0.2, 0.25) is 15.9 Å². The Morgan fingerprint density at radius 2 is 1.96 bits per heavy atom. The van der Waals surface area contributed by atoms with Crippen molar-refractivity contribution in [2.45, 2.75) is 17.2 Å². The highest BCUT2D eigenvalue weighted by atomic mass is 32.2. The topological polar surface area (TPSA) is 66.5 Å². The molecule has 1 aliphatic heterocycles. The van der Waals surface area contributed by atoms with Crippen LogP contribution < -0.4 is 4.72 Å². The van der Waals surface area contributed by atoms with Gasteiger partial charge in [0, 0.05) is 26.1 Å². The van der Waals surface area contributed by atoms with Gasteiger partial charge in [-0.3, -0.25) is 4.79 Å². The monoisotopic (exact) mass is 350 g/mol. The first-order valence-electron chi connectivity index (χ1n) is 7.39. The maximum atomic E-state index is 12.1. The van der Waals surface area contributed by atoms with Gasteiger partial charge in [0.1, 0.15) is 4.21 Å². The standard InChI is InChI=1S/C16H18N2O3S2/c19-15-9-14(10-17-23(20,21)16-7-4-8-22-16)12-18(15)11-13-5-2-1-3-6-13/h1-8,14,17H,9-12H2. The Morgan fingerprint density at radius 3 is 2.65 bits per heavy atom. The highest BCUT2D eigenvalue weighted by Crippen LogP contribution is 2.21. The van der Waals surface area contributed by atoms with Gasteiger partial charge in [-0.15, -0.1) is 11.3 Å². The molecule has 1 aliphatic rings. The molecule has 1 amide bonds.